The van der Waals surface area contributed by atoms with Gasteiger partial charge < -0.3 is 20.3 Å². The van der Waals surface area contributed by atoms with E-state index in [9.17, 15) is 0 Å². The van der Waals surface area contributed by atoms with Crippen LogP contribution in [0.15, 0.2) is 0 Å². The van der Waals surface area contributed by atoms with Crippen LogP contribution in [0.25, 0.3) is 0 Å². The average molecular weight is 231 g/mol. The zero-order valence-corrected chi connectivity index (χ0v) is 10.3. The van der Waals surface area contributed by atoms with E-state index in [1.54, 1.807) is 0 Å². The van der Waals surface area contributed by atoms with E-state index in [0.29, 0.717) is 6.10 Å². The number of unbranched alkanes of at least 4 members (excludes halogenated alkanes) is 1. The van der Waals surface area contributed by atoms with Gasteiger partial charge in [0.15, 0.2) is 0 Å². The Morgan fingerprint density at radius 3 is 2.69 bits per heavy atom. The molecule has 1 unspecified atom stereocenters. The molecule has 3 N–H and O–H groups in total. The molecule has 1 fully saturated rings. The van der Waals surface area contributed by atoms with Gasteiger partial charge in [0.1, 0.15) is 0 Å². The first-order chi connectivity index (χ1) is 7.64. The predicted molar refractivity (Wildman–Crippen MR) is 63.3 cm³/mol. The Bertz CT molecular complexity index is 179. The summed E-state index contributed by atoms with van der Waals surface area (Å²) in [6, 6.07) is 0. The SMILES string of the molecule is CC(N)(CO)CCCCOC1CCOCC1. The molecule has 0 amide bonds. The van der Waals surface area contributed by atoms with Crippen molar-refractivity contribution in [2.45, 2.75) is 50.7 Å². The van der Waals surface area contributed by atoms with Gasteiger partial charge in [-0.25, -0.2) is 0 Å². The van der Waals surface area contributed by atoms with Gasteiger partial charge >= 0.3 is 0 Å². The first kappa shape index (κ1) is 13.9. The maximum Gasteiger partial charge on any atom is 0.0619 e. The highest BCUT2D eigenvalue weighted by atomic mass is 16.5. The Balaban J connectivity index is 1.95. The van der Waals surface area contributed by atoms with Crippen molar-refractivity contribution >= 4 is 0 Å². The third kappa shape index (κ3) is 5.80. The second-order valence-corrected chi connectivity index (χ2v) is 4.95. The topological polar surface area (TPSA) is 64.7 Å². The van der Waals surface area contributed by atoms with Gasteiger partial charge in [0.05, 0.1) is 12.7 Å². The van der Waals surface area contributed by atoms with E-state index in [2.05, 4.69) is 0 Å². The number of ether oxygens (including phenoxy) is 2. The standard InChI is InChI=1S/C12H25NO3/c1-12(13,10-14)6-2-3-7-16-11-4-8-15-9-5-11/h11,14H,2-10,13H2,1H3. The Morgan fingerprint density at radius 1 is 1.38 bits per heavy atom. The maximum absolute atomic E-state index is 8.98. The molecule has 1 aliphatic rings. The van der Waals surface area contributed by atoms with E-state index in [4.69, 9.17) is 20.3 Å². The number of rotatable bonds is 7. The highest BCUT2D eigenvalue weighted by molar-refractivity contribution is 4.76. The molecule has 0 radical (unpaired) electrons. The second-order valence-electron chi connectivity index (χ2n) is 4.95. The van der Waals surface area contributed by atoms with Crippen LogP contribution in [-0.4, -0.2) is 43.2 Å². The lowest BCUT2D eigenvalue weighted by atomic mass is 9.97. The number of aliphatic hydroxyl groups is 1. The molecule has 0 aromatic carbocycles. The summed E-state index contributed by atoms with van der Waals surface area (Å²) in [5.41, 5.74) is 5.40. The zero-order chi connectivity index (χ0) is 11.9. The van der Waals surface area contributed by atoms with Crippen LogP contribution in [0.1, 0.15) is 39.0 Å². The predicted octanol–water partition coefficient (Wildman–Crippen LogP) is 1.06. The molecule has 4 nitrogen and oxygen atoms in total. The minimum Gasteiger partial charge on any atom is -0.394 e. The molecule has 1 rings (SSSR count). The molecule has 1 saturated heterocycles. The third-order valence-electron chi connectivity index (χ3n) is 3.03. The molecule has 16 heavy (non-hydrogen) atoms. The number of nitrogens with two attached hydrogens (primary N) is 1. The molecule has 1 aliphatic heterocycles. The van der Waals surface area contributed by atoms with Gasteiger partial charge in [0.2, 0.25) is 0 Å². The molecule has 1 heterocycles. The van der Waals surface area contributed by atoms with Gasteiger partial charge in [-0.1, -0.05) is 0 Å². The Hall–Kier alpha value is -0.160. The summed E-state index contributed by atoms with van der Waals surface area (Å²) >= 11 is 0. The van der Waals surface area contributed by atoms with Crippen molar-refractivity contribution in [2.24, 2.45) is 5.73 Å². The Labute approximate surface area is 98.1 Å². The lowest BCUT2D eigenvalue weighted by Crippen LogP contribution is -2.40. The van der Waals surface area contributed by atoms with Crippen molar-refractivity contribution in [2.75, 3.05) is 26.4 Å². The van der Waals surface area contributed by atoms with E-state index >= 15 is 0 Å². The molecule has 4 heteroatoms. The molecule has 0 aromatic heterocycles. The van der Waals surface area contributed by atoms with Crippen LogP contribution < -0.4 is 5.73 Å². The fourth-order valence-corrected chi connectivity index (χ4v) is 1.80. The van der Waals surface area contributed by atoms with Crippen LogP contribution in [0.3, 0.4) is 0 Å². The second kappa shape index (κ2) is 7.22. The molecular weight excluding hydrogens is 206 g/mol. The molecule has 1 atom stereocenters. The van der Waals surface area contributed by atoms with Crippen LogP contribution in [-0.2, 0) is 9.47 Å². The van der Waals surface area contributed by atoms with Crippen LogP contribution in [0.5, 0.6) is 0 Å². The van der Waals surface area contributed by atoms with Crippen molar-refractivity contribution in [3.63, 3.8) is 0 Å². The summed E-state index contributed by atoms with van der Waals surface area (Å²) in [5, 5.41) is 8.98. The van der Waals surface area contributed by atoms with Crippen molar-refractivity contribution in [1.82, 2.24) is 0 Å². The zero-order valence-electron chi connectivity index (χ0n) is 10.3. The molecule has 0 aliphatic carbocycles. The van der Waals surface area contributed by atoms with E-state index in [1.165, 1.54) is 0 Å². The highest BCUT2D eigenvalue weighted by Gasteiger charge is 2.16. The van der Waals surface area contributed by atoms with Crippen LogP contribution >= 0.6 is 0 Å². The molecule has 96 valence electrons. The van der Waals surface area contributed by atoms with Gasteiger partial charge in [-0.3, -0.25) is 0 Å². The Morgan fingerprint density at radius 2 is 2.06 bits per heavy atom. The average Bonchev–Trinajstić information content (AvgIpc) is 2.30. The summed E-state index contributed by atoms with van der Waals surface area (Å²) in [6.07, 6.45) is 5.30. The minimum absolute atomic E-state index is 0.0494. The number of hydrogen-bond acceptors (Lipinski definition) is 4. The van der Waals surface area contributed by atoms with Crippen molar-refractivity contribution < 1.29 is 14.6 Å². The van der Waals surface area contributed by atoms with Crippen LogP contribution in [0, 0.1) is 0 Å². The maximum atomic E-state index is 8.98. The van der Waals surface area contributed by atoms with Gasteiger partial charge in [-0.2, -0.15) is 0 Å². The highest BCUT2D eigenvalue weighted by Crippen LogP contribution is 2.13. The van der Waals surface area contributed by atoms with E-state index in [-0.39, 0.29) is 6.61 Å². The first-order valence-electron chi connectivity index (χ1n) is 6.23. The molecule has 0 saturated carbocycles. The summed E-state index contributed by atoms with van der Waals surface area (Å²) in [7, 11) is 0. The van der Waals surface area contributed by atoms with E-state index in [1.807, 2.05) is 6.92 Å². The lowest BCUT2D eigenvalue weighted by molar-refractivity contribution is -0.0329. The molecule has 0 aromatic rings. The first-order valence-corrected chi connectivity index (χ1v) is 6.23. The van der Waals surface area contributed by atoms with Crippen molar-refractivity contribution in [3.8, 4) is 0 Å². The largest absolute Gasteiger partial charge is 0.394 e. The summed E-state index contributed by atoms with van der Waals surface area (Å²) in [6.45, 7) is 4.39. The normalized spacial score (nSPS) is 21.9. The van der Waals surface area contributed by atoms with Gasteiger partial charge in [-0.05, 0) is 39.0 Å². The van der Waals surface area contributed by atoms with E-state index < -0.39 is 5.54 Å². The smallest absolute Gasteiger partial charge is 0.0619 e. The molecule has 0 spiro atoms. The lowest BCUT2D eigenvalue weighted by Gasteiger charge is -2.23. The van der Waals surface area contributed by atoms with Gasteiger partial charge in [-0.15, -0.1) is 0 Å². The fraction of sp³-hybridized carbons (Fsp3) is 1.00. The van der Waals surface area contributed by atoms with Crippen LogP contribution in [0.2, 0.25) is 0 Å². The summed E-state index contributed by atoms with van der Waals surface area (Å²) in [4.78, 5) is 0. The van der Waals surface area contributed by atoms with Gasteiger partial charge in [0.25, 0.3) is 0 Å². The van der Waals surface area contributed by atoms with Crippen molar-refractivity contribution in [3.05, 3.63) is 0 Å². The monoisotopic (exact) mass is 231 g/mol. The summed E-state index contributed by atoms with van der Waals surface area (Å²) in [5.74, 6) is 0. The van der Waals surface area contributed by atoms with Crippen molar-refractivity contribution in [1.29, 1.82) is 0 Å². The summed E-state index contributed by atoms with van der Waals surface area (Å²) < 4.78 is 11.0. The van der Waals surface area contributed by atoms with E-state index in [0.717, 1.165) is 51.9 Å². The van der Waals surface area contributed by atoms with Crippen LogP contribution in [0.4, 0.5) is 0 Å². The molecular formula is C12H25NO3. The number of aliphatic hydroxyl groups excluding tert-OH is 1. The quantitative estimate of drug-likeness (QED) is 0.643. The molecule has 0 bridgehead atoms. The minimum atomic E-state index is -0.432. The Kier molecular flexibility index (Phi) is 6.28. The fourth-order valence-electron chi connectivity index (χ4n) is 1.80. The third-order valence-corrected chi connectivity index (χ3v) is 3.03. The number of hydrogen-bond donors (Lipinski definition) is 2. The van der Waals surface area contributed by atoms with Gasteiger partial charge in [0, 0.05) is 25.4 Å².